The van der Waals surface area contributed by atoms with E-state index in [0.29, 0.717) is 18.7 Å². The number of benzene rings is 2. The first-order chi connectivity index (χ1) is 17.5. The Morgan fingerprint density at radius 2 is 1.68 bits per heavy atom. The molecular weight excluding hydrogens is 486 g/mol. The summed E-state index contributed by atoms with van der Waals surface area (Å²) in [5.74, 6) is -0.297. The largest absolute Gasteiger partial charge is 0.352 e. The Labute approximate surface area is 222 Å². The highest BCUT2D eigenvalue weighted by molar-refractivity contribution is 7.92. The Kier molecular flexibility index (Phi) is 10.1. The van der Waals surface area contributed by atoms with Crippen LogP contribution in [0.3, 0.4) is 0 Å². The summed E-state index contributed by atoms with van der Waals surface area (Å²) in [5.41, 5.74) is 3.63. The molecule has 0 unspecified atom stereocenters. The van der Waals surface area contributed by atoms with Crippen LogP contribution < -0.4 is 9.62 Å². The number of hydrogen-bond acceptors (Lipinski definition) is 4. The summed E-state index contributed by atoms with van der Waals surface area (Å²) >= 11 is 0. The average Bonchev–Trinajstić information content (AvgIpc) is 2.85. The van der Waals surface area contributed by atoms with E-state index in [-0.39, 0.29) is 30.8 Å². The summed E-state index contributed by atoms with van der Waals surface area (Å²) in [5, 5.41) is 3.15. The fourth-order valence-corrected chi connectivity index (χ4v) is 5.79. The van der Waals surface area contributed by atoms with Crippen LogP contribution in [0.2, 0.25) is 0 Å². The van der Waals surface area contributed by atoms with Gasteiger partial charge in [0.25, 0.3) is 0 Å². The van der Waals surface area contributed by atoms with Crippen LogP contribution in [0.25, 0.3) is 0 Å². The third-order valence-electron chi connectivity index (χ3n) is 7.03. The molecule has 0 aliphatic heterocycles. The van der Waals surface area contributed by atoms with Gasteiger partial charge in [-0.25, -0.2) is 8.42 Å². The highest BCUT2D eigenvalue weighted by Crippen LogP contribution is 2.21. The van der Waals surface area contributed by atoms with Crippen molar-refractivity contribution >= 4 is 27.5 Å². The summed E-state index contributed by atoms with van der Waals surface area (Å²) in [6, 6.07) is 14.8. The minimum Gasteiger partial charge on any atom is -0.352 e. The summed E-state index contributed by atoms with van der Waals surface area (Å²) in [4.78, 5) is 28.2. The standard InChI is InChI=1S/C29H41N3O4S/c1-22-15-17-25(18-16-22)21-31(24(3)29(34)30-26-11-6-5-7-12-26)28(33)14-9-19-32(37(4,35)36)27-13-8-10-23(2)20-27/h8,10,13,15-18,20,24,26H,5-7,9,11-12,14,19,21H2,1-4H3,(H,30,34)/t24-/m0/s1. The summed E-state index contributed by atoms with van der Waals surface area (Å²) < 4.78 is 26.3. The van der Waals surface area contributed by atoms with E-state index >= 15 is 0 Å². The lowest BCUT2D eigenvalue weighted by Crippen LogP contribution is -2.50. The van der Waals surface area contributed by atoms with Gasteiger partial charge in [-0.1, -0.05) is 61.2 Å². The van der Waals surface area contributed by atoms with Crippen molar-refractivity contribution in [2.75, 3.05) is 17.1 Å². The lowest BCUT2D eigenvalue weighted by atomic mass is 9.95. The fraction of sp³-hybridized carbons (Fsp3) is 0.517. The third-order valence-corrected chi connectivity index (χ3v) is 8.23. The quantitative estimate of drug-likeness (QED) is 0.458. The molecule has 1 aliphatic carbocycles. The van der Waals surface area contributed by atoms with E-state index in [1.807, 2.05) is 56.3 Å². The molecule has 1 N–H and O–H groups in total. The molecule has 1 atom stereocenters. The number of anilines is 1. The number of carbonyl (C=O) groups is 2. The fourth-order valence-electron chi connectivity index (χ4n) is 4.83. The zero-order valence-electron chi connectivity index (χ0n) is 22.6. The van der Waals surface area contributed by atoms with Crippen molar-refractivity contribution < 1.29 is 18.0 Å². The van der Waals surface area contributed by atoms with Gasteiger partial charge < -0.3 is 10.2 Å². The zero-order valence-corrected chi connectivity index (χ0v) is 23.4. The van der Waals surface area contributed by atoms with Crippen molar-refractivity contribution in [1.29, 1.82) is 0 Å². The lowest BCUT2D eigenvalue weighted by molar-refractivity contribution is -0.141. The molecule has 0 spiro atoms. The van der Waals surface area contributed by atoms with Gasteiger partial charge in [-0.05, 0) is 63.3 Å². The van der Waals surface area contributed by atoms with Gasteiger partial charge in [0.05, 0.1) is 11.9 Å². The predicted molar refractivity (Wildman–Crippen MR) is 149 cm³/mol. The number of nitrogens with zero attached hydrogens (tertiary/aromatic N) is 2. The molecule has 202 valence electrons. The maximum absolute atomic E-state index is 13.5. The molecule has 37 heavy (non-hydrogen) atoms. The Balaban J connectivity index is 1.71. The molecule has 2 aromatic carbocycles. The van der Waals surface area contributed by atoms with Crippen molar-refractivity contribution in [1.82, 2.24) is 10.2 Å². The van der Waals surface area contributed by atoms with E-state index in [1.165, 1.54) is 17.0 Å². The molecule has 0 saturated heterocycles. The van der Waals surface area contributed by atoms with Gasteiger partial charge in [-0.2, -0.15) is 0 Å². The molecule has 8 heteroatoms. The van der Waals surface area contributed by atoms with Crippen molar-refractivity contribution in [3.63, 3.8) is 0 Å². The van der Waals surface area contributed by atoms with E-state index in [1.54, 1.807) is 17.9 Å². The number of rotatable bonds is 11. The van der Waals surface area contributed by atoms with Crippen LogP contribution in [0.5, 0.6) is 0 Å². The predicted octanol–water partition coefficient (Wildman–Crippen LogP) is 4.72. The SMILES string of the molecule is Cc1ccc(CN(C(=O)CCCN(c2cccc(C)c2)S(C)(=O)=O)[C@@H](C)C(=O)NC2CCCCC2)cc1. The highest BCUT2D eigenvalue weighted by Gasteiger charge is 2.28. The second kappa shape index (κ2) is 13.1. The van der Waals surface area contributed by atoms with Gasteiger partial charge in [0.15, 0.2) is 0 Å². The molecule has 0 heterocycles. The van der Waals surface area contributed by atoms with E-state index < -0.39 is 16.1 Å². The Morgan fingerprint density at radius 3 is 2.30 bits per heavy atom. The van der Waals surface area contributed by atoms with Crippen LogP contribution in [-0.4, -0.2) is 50.0 Å². The minimum atomic E-state index is -3.51. The van der Waals surface area contributed by atoms with Crippen molar-refractivity contribution in [3.05, 3.63) is 65.2 Å². The average molecular weight is 528 g/mol. The van der Waals surface area contributed by atoms with Crippen LogP contribution >= 0.6 is 0 Å². The topological polar surface area (TPSA) is 86.8 Å². The monoisotopic (exact) mass is 527 g/mol. The van der Waals surface area contributed by atoms with Gasteiger partial charge in [-0.15, -0.1) is 0 Å². The van der Waals surface area contributed by atoms with E-state index in [0.717, 1.165) is 42.4 Å². The second-order valence-electron chi connectivity index (χ2n) is 10.3. The molecule has 3 rings (SSSR count). The van der Waals surface area contributed by atoms with Gasteiger partial charge in [0.1, 0.15) is 6.04 Å². The number of sulfonamides is 1. The molecule has 0 bridgehead atoms. The van der Waals surface area contributed by atoms with Gasteiger partial charge in [0.2, 0.25) is 21.8 Å². The van der Waals surface area contributed by atoms with Gasteiger partial charge >= 0.3 is 0 Å². The number of hydrogen-bond donors (Lipinski definition) is 1. The van der Waals surface area contributed by atoms with Crippen molar-refractivity contribution in [3.8, 4) is 0 Å². The second-order valence-corrected chi connectivity index (χ2v) is 12.2. The van der Waals surface area contributed by atoms with Crippen LogP contribution in [0.1, 0.15) is 68.6 Å². The van der Waals surface area contributed by atoms with E-state index in [4.69, 9.17) is 0 Å². The van der Waals surface area contributed by atoms with Crippen LogP contribution in [-0.2, 0) is 26.2 Å². The summed E-state index contributed by atoms with van der Waals surface area (Å²) in [6.45, 7) is 6.21. The van der Waals surface area contributed by atoms with E-state index in [2.05, 4.69) is 5.32 Å². The summed E-state index contributed by atoms with van der Waals surface area (Å²) in [7, 11) is -3.51. The zero-order chi connectivity index (χ0) is 27.0. The Morgan fingerprint density at radius 1 is 1.00 bits per heavy atom. The van der Waals surface area contributed by atoms with Crippen molar-refractivity contribution in [2.24, 2.45) is 0 Å². The molecule has 1 aliphatic rings. The molecular formula is C29H41N3O4S. The molecule has 7 nitrogen and oxygen atoms in total. The third kappa shape index (κ3) is 8.59. The van der Waals surface area contributed by atoms with Gasteiger partial charge in [0, 0.05) is 25.6 Å². The summed E-state index contributed by atoms with van der Waals surface area (Å²) in [6.07, 6.45) is 7.05. The first-order valence-electron chi connectivity index (χ1n) is 13.2. The maximum atomic E-state index is 13.5. The smallest absolute Gasteiger partial charge is 0.242 e. The number of aryl methyl sites for hydroxylation is 2. The molecule has 1 saturated carbocycles. The Hall–Kier alpha value is -2.87. The van der Waals surface area contributed by atoms with Gasteiger partial charge in [-0.3, -0.25) is 13.9 Å². The highest BCUT2D eigenvalue weighted by atomic mass is 32.2. The first-order valence-corrected chi connectivity index (χ1v) is 15.1. The van der Waals surface area contributed by atoms with Crippen LogP contribution in [0.4, 0.5) is 5.69 Å². The Bertz CT molecular complexity index is 1160. The van der Waals surface area contributed by atoms with Crippen LogP contribution in [0, 0.1) is 13.8 Å². The minimum absolute atomic E-state index is 0.134. The first kappa shape index (κ1) is 28.7. The lowest BCUT2D eigenvalue weighted by Gasteiger charge is -2.31. The van der Waals surface area contributed by atoms with E-state index in [9.17, 15) is 18.0 Å². The number of amides is 2. The number of carbonyl (C=O) groups excluding carboxylic acids is 2. The normalized spacial score (nSPS) is 15.1. The van der Waals surface area contributed by atoms with Crippen LogP contribution in [0.15, 0.2) is 48.5 Å². The molecule has 1 fully saturated rings. The maximum Gasteiger partial charge on any atom is 0.242 e. The molecule has 2 aromatic rings. The molecule has 0 aromatic heterocycles. The molecule has 0 radical (unpaired) electrons. The number of nitrogens with one attached hydrogen (secondary N) is 1. The molecule has 2 amide bonds. The van der Waals surface area contributed by atoms with Crippen molar-refractivity contribution in [2.45, 2.75) is 84.3 Å².